The molecule has 8 heteroatoms. The highest BCUT2D eigenvalue weighted by molar-refractivity contribution is 7.90. The molecule has 0 aliphatic carbocycles. The molecule has 0 spiro atoms. The van der Waals surface area contributed by atoms with Crippen LogP contribution in [0.1, 0.15) is 40.5 Å². The van der Waals surface area contributed by atoms with Crippen LogP contribution in [0.2, 0.25) is 0 Å². The van der Waals surface area contributed by atoms with Gasteiger partial charge in [0, 0.05) is 6.54 Å². The zero-order chi connectivity index (χ0) is 19.5. The Balaban J connectivity index is 2.19. The Morgan fingerprint density at radius 2 is 1.81 bits per heavy atom. The second-order valence-corrected chi connectivity index (χ2v) is 9.28. The summed E-state index contributed by atoms with van der Waals surface area (Å²) < 4.78 is 32.3. The van der Waals surface area contributed by atoms with Gasteiger partial charge < -0.3 is 4.74 Å². The lowest BCUT2D eigenvalue weighted by Gasteiger charge is -2.38. The van der Waals surface area contributed by atoms with E-state index in [-0.39, 0.29) is 10.8 Å². The van der Waals surface area contributed by atoms with Crippen LogP contribution >= 0.6 is 0 Å². The van der Waals surface area contributed by atoms with Gasteiger partial charge in [0.15, 0.2) is 0 Å². The van der Waals surface area contributed by atoms with Crippen molar-refractivity contribution in [2.45, 2.75) is 57.1 Å². The first kappa shape index (κ1) is 20.2. The number of carbonyl (C=O) groups is 2. The summed E-state index contributed by atoms with van der Waals surface area (Å²) in [5, 5.41) is 0. The summed E-state index contributed by atoms with van der Waals surface area (Å²) in [6, 6.07) is 6.78. The van der Waals surface area contributed by atoms with Crippen molar-refractivity contribution in [1.82, 2.24) is 9.62 Å². The van der Waals surface area contributed by atoms with Gasteiger partial charge in [0.25, 0.3) is 15.9 Å². The van der Waals surface area contributed by atoms with E-state index in [1.54, 1.807) is 39.0 Å². The summed E-state index contributed by atoms with van der Waals surface area (Å²) in [5.74, 6) is -0.518. The molecule has 1 fully saturated rings. The predicted molar refractivity (Wildman–Crippen MR) is 96.9 cm³/mol. The fourth-order valence-electron chi connectivity index (χ4n) is 2.79. The van der Waals surface area contributed by atoms with Gasteiger partial charge >= 0.3 is 6.09 Å². The van der Waals surface area contributed by atoms with Crippen molar-refractivity contribution in [3.05, 3.63) is 30.3 Å². The summed E-state index contributed by atoms with van der Waals surface area (Å²) in [6.45, 7) is 7.54. The number of rotatable bonds is 3. The second-order valence-electron chi connectivity index (χ2n) is 7.60. The van der Waals surface area contributed by atoms with E-state index in [2.05, 4.69) is 4.72 Å². The van der Waals surface area contributed by atoms with E-state index in [0.717, 1.165) is 6.42 Å². The number of amides is 2. The molecule has 0 bridgehead atoms. The lowest BCUT2D eigenvalue weighted by molar-refractivity contribution is -0.126. The molecule has 26 heavy (non-hydrogen) atoms. The Morgan fingerprint density at radius 1 is 1.19 bits per heavy atom. The van der Waals surface area contributed by atoms with Gasteiger partial charge in [0.1, 0.15) is 11.6 Å². The predicted octanol–water partition coefficient (Wildman–Crippen LogP) is 2.53. The van der Waals surface area contributed by atoms with Crippen LogP contribution in [-0.2, 0) is 19.6 Å². The van der Waals surface area contributed by atoms with Crippen molar-refractivity contribution in [2.75, 3.05) is 6.54 Å². The number of likely N-dealkylation sites (tertiary alicyclic amines) is 1. The molecule has 1 heterocycles. The molecule has 2 atom stereocenters. The van der Waals surface area contributed by atoms with Crippen LogP contribution in [0.4, 0.5) is 4.79 Å². The van der Waals surface area contributed by atoms with Crippen molar-refractivity contribution in [1.29, 1.82) is 0 Å². The maximum atomic E-state index is 12.7. The maximum absolute atomic E-state index is 12.7. The van der Waals surface area contributed by atoms with Crippen LogP contribution in [-0.4, -0.2) is 43.5 Å². The standard InChI is InChI=1S/C18H26N2O5S/c1-13-10-11-20(17(22)25-18(2,3)4)15(12-13)16(21)19-26(23,24)14-8-6-5-7-9-14/h5-9,13,15H,10-12H2,1-4H3,(H,19,21)/t13-,15-/m1/s1. The highest BCUT2D eigenvalue weighted by atomic mass is 32.2. The van der Waals surface area contributed by atoms with Crippen LogP contribution in [0.5, 0.6) is 0 Å². The Kier molecular flexibility index (Phi) is 5.95. The van der Waals surface area contributed by atoms with Gasteiger partial charge in [-0.25, -0.2) is 17.9 Å². The molecule has 0 radical (unpaired) electrons. The zero-order valence-electron chi connectivity index (χ0n) is 15.6. The number of hydrogen-bond acceptors (Lipinski definition) is 5. The maximum Gasteiger partial charge on any atom is 0.410 e. The molecule has 1 aromatic carbocycles. The molecule has 1 aliphatic rings. The first-order valence-electron chi connectivity index (χ1n) is 8.61. The van der Waals surface area contributed by atoms with E-state index < -0.39 is 33.7 Å². The third-order valence-corrected chi connectivity index (χ3v) is 5.45. The summed E-state index contributed by atoms with van der Waals surface area (Å²) in [5.41, 5.74) is -0.697. The monoisotopic (exact) mass is 382 g/mol. The van der Waals surface area contributed by atoms with Gasteiger partial charge in [-0.1, -0.05) is 25.1 Å². The smallest absolute Gasteiger partial charge is 0.410 e. The number of sulfonamides is 1. The molecule has 0 saturated carbocycles. The van der Waals surface area contributed by atoms with Crippen LogP contribution in [0.25, 0.3) is 0 Å². The Labute approximate surface area is 154 Å². The van der Waals surface area contributed by atoms with E-state index in [0.29, 0.717) is 13.0 Å². The van der Waals surface area contributed by atoms with E-state index >= 15 is 0 Å². The summed E-state index contributed by atoms with van der Waals surface area (Å²) in [4.78, 5) is 26.4. The van der Waals surface area contributed by atoms with Gasteiger partial charge in [-0.2, -0.15) is 0 Å². The Bertz CT molecular complexity index is 756. The molecule has 7 nitrogen and oxygen atoms in total. The molecule has 1 N–H and O–H groups in total. The third kappa shape index (κ3) is 5.20. The number of benzene rings is 1. The minimum Gasteiger partial charge on any atom is -0.444 e. The summed E-state index contributed by atoms with van der Waals surface area (Å²) in [6.07, 6.45) is 0.505. The van der Waals surface area contributed by atoms with E-state index in [1.807, 2.05) is 6.92 Å². The molecule has 2 amide bonds. The lowest BCUT2D eigenvalue weighted by atomic mass is 9.92. The van der Waals surface area contributed by atoms with Crippen molar-refractivity contribution in [3.63, 3.8) is 0 Å². The largest absolute Gasteiger partial charge is 0.444 e. The van der Waals surface area contributed by atoms with Crippen LogP contribution < -0.4 is 4.72 Å². The number of nitrogens with one attached hydrogen (secondary N) is 1. The fourth-order valence-corrected chi connectivity index (χ4v) is 3.82. The number of piperidine rings is 1. The van der Waals surface area contributed by atoms with Crippen LogP contribution in [0.3, 0.4) is 0 Å². The van der Waals surface area contributed by atoms with Crippen LogP contribution in [0, 0.1) is 5.92 Å². The first-order chi connectivity index (χ1) is 12.0. The van der Waals surface area contributed by atoms with Crippen molar-refractivity contribution in [3.8, 4) is 0 Å². The van der Waals surface area contributed by atoms with Gasteiger partial charge in [0.05, 0.1) is 4.90 Å². The highest BCUT2D eigenvalue weighted by Crippen LogP contribution is 2.25. The number of nitrogens with zero attached hydrogens (tertiary/aromatic N) is 1. The fraction of sp³-hybridized carbons (Fsp3) is 0.556. The normalized spacial score (nSPS) is 21.2. The molecule has 1 aliphatic heterocycles. The summed E-state index contributed by atoms with van der Waals surface area (Å²) in [7, 11) is -3.99. The van der Waals surface area contributed by atoms with Gasteiger partial charge in [-0.05, 0) is 51.7 Å². The minimum atomic E-state index is -3.99. The molecule has 144 valence electrons. The summed E-state index contributed by atoms with van der Waals surface area (Å²) >= 11 is 0. The zero-order valence-corrected chi connectivity index (χ0v) is 16.4. The van der Waals surface area contributed by atoms with Gasteiger partial charge in [-0.3, -0.25) is 9.69 Å². The van der Waals surface area contributed by atoms with Crippen molar-refractivity contribution >= 4 is 22.0 Å². The third-order valence-electron chi connectivity index (χ3n) is 4.08. The number of carbonyl (C=O) groups excluding carboxylic acids is 2. The molecule has 2 rings (SSSR count). The van der Waals surface area contributed by atoms with E-state index in [9.17, 15) is 18.0 Å². The quantitative estimate of drug-likeness (QED) is 0.867. The SMILES string of the molecule is C[C@@H]1CCN(C(=O)OC(C)(C)C)[C@@H](C(=O)NS(=O)(=O)c2ccccc2)C1. The topological polar surface area (TPSA) is 92.8 Å². The lowest BCUT2D eigenvalue weighted by Crippen LogP contribution is -2.55. The highest BCUT2D eigenvalue weighted by Gasteiger charge is 2.38. The van der Waals surface area contributed by atoms with Crippen molar-refractivity contribution < 1.29 is 22.7 Å². The molecular weight excluding hydrogens is 356 g/mol. The average Bonchev–Trinajstić information content (AvgIpc) is 2.53. The molecule has 0 aromatic heterocycles. The molecule has 0 unspecified atom stereocenters. The Morgan fingerprint density at radius 3 is 2.38 bits per heavy atom. The number of ether oxygens (including phenoxy) is 1. The average molecular weight is 382 g/mol. The van der Waals surface area contributed by atoms with E-state index in [1.165, 1.54) is 17.0 Å². The van der Waals surface area contributed by atoms with Crippen molar-refractivity contribution in [2.24, 2.45) is 5.92 Å². The molecule has 1 saturated heterocycles. The minimum absolute atomic E-state index is 0.000950. The molecular formula is C18H26N2O5S. The van der Waals surface area contributed by atoms with Gasteiger partial charge in [-0.15, -0.1) is 0 Å². The second kappa shape index (κ2) is 7.65. The number of hydrogen-bond donors (Lipinski definition) is 1. The molecule has 1 aromatic rings. The Hall–Kier alpha value is -2.09. The first-order valence-corrected chi connectivity index (χ1v) is 10.1. The van der Waals surface area contributed by atoms with Gasteiger partial charge in [0.2, 0.25) is 0 Å². The van der Waals surface area contributed by atoms with Crippen LogP contribution in [0.15, 0.2) is 35.2 Å². The van der Waals surface area contributed by atoms with E-state index in [4.69, 9.17) is 4.74 Å².